The molecule has 5 N–H and O–H groups in total. The third-order valence-electron chi connectivity index (χ3n) is 7.05. The summed E-state index contributed by atoms with van der Waals surface area (Å²) in [5.41, 5.74) is -0.248. The van der Waals surface area contributed by atoms with Gasteiger partial charge in [-0.25, -0.2) is 4.79 Å². The molecule has 0 radical (unpaired) electrons. The molecule has 0 bridgehead atoms. The van der Waals surface area contributed by atoms with Crippen LogP contribution in [-0.2, 0) is 28.5 Å². The smallest absolute Gasteiger partial charge is 0.330 e. The van der Waals surface area contributed by atoms with Crippen LogP contribution in [0.1, 0.15) is 5.56 Å². The number of carbonyl (C=O) groups excluding carboxylic acids is 1. The van der Waals surface area contributed by atoms with Crippen molar-refractivity contribution in [2.24, 2.45) is 11.8 Å². The van der Waals surface area contributed by atoms with Crippen LogP contribution < -0.4 is 0 Å². The number of carbonyl (C=O) groups is 1. The van der Waals surface area contributed by atoms with Crippen molar-refractivity contribution in [3.05, 3.63) is 54.3 Å². The normalized spacial score (nSPS) is 43.9. The molecule has 0 aromatic heterocycles. The largest absolute Gasteiger partial charge is 0.472 e. The molecule has 190 valence electrons. The third kappa shape index (κ3) is 4.39. The standard InChI is InChI=1S/C24H28O11/c25-11-24-16-13(17(27)21(24)35-24)8-9-31-22(16)34-23-20(30)19(29)18(28)14(33-23)10-32-15(26)7-6-12-4-2-1-3-5-12/h1-9,13-14,16-23,25,27-30H,10-11H2/t13-,14+,16-,17-,18+,19+,20+,21+,22-,23-,24-/m0/s1. The van der Waals surface area contributed by atoms with Crippen LogP contribution >= 0.6 is 0 Å². The van der Waals surface area contributed by atoms with Crippen molar-refractivity contribution in [2.45, 2.75) is 54.8 Å². The van der Waals surface area contributed by atoms with Crippen LogP contribution in [0.3, 0.4) is 0 Å². The topological polar surface area (TPSA) is 168 Å². The molecule has 1 aromatic rings. The van der Waals surface area contributed by atoms with Crippen LogP contribution in [0.4, 0.5) is 0 Å². The first-order valence-electron chi connectivity index (χ1n) is 11.4. The number of aliphatic hydroxyl groups excluding tert-OH is 5. The van der Waals surface area contributed by atoms with Gasteiger partial charge in [0, 0.05) is 12.0 Å². The van der Waals surface area contributed by atoms with Crippen LogP contribution in [0.15, 0.2) is 48.7 Å². The van der Waals surface area contributed by atoms with Crippen LogP contribution in [0.25, 0.3) is 6.08 Å². The summed E-state index contributed by atoms with van der Waals surface area (Å²) in [6, 6.07) is 9.11. The SMILES string of the molecule is O=C(C=Cc1ccccc1)OC[C@H]1O[C@@H](O[C@@H]2OC=C[C@@H]3[C@H](O)[C@H]4O[C@@]4(CO)[C@H]23)[C@H](O)[C@H](O)[C@@H]1O. The molecule has 1 aromatic carbocycles. The predicted molar refractivity (Wildman–Crippen MR) is 116 cm³/mol. The highest BCUT2D eigenvalue weighted by Gasteiger charge is 2.75. The average molecular weight is 492 g/mol. The summed E-state index contributed by atoms with van der Waals surface area (Å²) in [5, 5.41) is 51.5. The van der Waals surface area contributed by atoms with E-state index in [1.165, 1.54) is 12.3 Å². The lowest BCUT2D eigenvalue weighted by molar-refractivity contribution is -0.344. The van der Waals surface area contributed by atoms with Gasteiger partial charge in [-0.1, -0.05) is 30.3 Å². The summed E-state index contributed by atoms with van der Waals surface area (Å²) in [6.07, 6.45) is -4.23. The van der Waals surface area contributed by atoms with Gasteiger partial charge in [-0.15, -0.1) is 0 Å². The molecule has 4 aliphatic rings. The lowest BCUT2D eigenvalue weighted by Crippen LogP contribution is -2.60. The first-order valence-corrected chi connectivity index (χ1v) is 11.4. The zero-order valence-electron chi connectivity index (χ0n) is 18.6. The fourth-order valence-corrected chi connectivity index (χ4v) is 5.10. The van der Waals surface area contributed by atoms with E-state index in [-0.39, 0.29) is 6.61 Å². The van der Waals surface area contributed by atoms with Crippen LogP contribution in [0.2, 0.25) is 0 Å². The van der Waals surface area contributed by atoms with Crippen molar-refractivity contribution in [2.75, 3.05) is 13.2 Å². The van der Waals surface area contributed by atoms with E-state index in [1.807, 2.05) is 30.3 Å². The minimum atomic E-state index is -1.65. The zero-order valence-corrected chi connectivity index (χ0v) is 18.6. The van der Waals surface area contributed by atoms with E-state index in [1.54, 1.807) is 12.2 Å². The van der Waals surface area contributed by atoms with E-state index in [0.717, 1.165) is 5.56 Å². The van der Waals surface area contributed by atoms with Gasteiger partial charge in [0.15, 0.2) is 6.29 Å². The number of hydrogen-bond donors (Lipinski definition) is 5. The second-order valence-corrected chi connectivity index (χ2v) is 9.10. The second kappa shape index (κ2) is 9.60. The molecule has 1 saturated carbocycles. The molecule has 5 rings (SSSR count). The van der Waals surface area contributed by atoms with Crippen molar-refractivity contribution >= 4 is 12.0 Å². The Morgan fingerprint density at radius 1 is 1.03 bits per heavy atom. The van der Waals surface area contributed by atoms with E-state index in [4.69, 9.17) is 23.7 Å². The summed E-state index contributed by atoms with van der Waals surface area (Å²) < 4.78 is 27.7. The molecule has 0 amide bonds. The van der Waals surface area contributed by atoms with E-state index in [2.05, 4.69) is 0 Å². The van der Waals surface area contributed by atoms with Gasteiger partial charge in [0.05, 0.1) is 24.9 Å². The molecule has 0 unspecified atom stereocenters. The second-order valence-electron chi connectivity index (χ2n) is 9.10. The maximum absolute atomic E-state index is 12.1. The van der Waals surface area contributed by atoms with E-state index < -0.39 is 79.2 Å². The Kier molecular flexibility index (Phi) is 6.68. The summed E-state index contributed by atoms with van der Waals surface area (Å²) in [5.74, 6) is -1.70. The number of ether oxygens (including phenoxy) is 5. The molecule has 11 atom stereocenters. The molecular weight excluding hydrogens is 464 g/mol. The minimum absolute atomic E-state index is 0.364. The van der Waals surface area contributed by atoms with Crippen molar-refractivity contribution in [1.82, 2.24) is 0 Å². The maximum Gasteiger partial charge on any atom is 0.330 e. The first-order chi connectivity index (χ1) is 16.9. The molecule has 2 saturated heterocycles. The summed E-state index contributed by atoms with van der Waals surface area (Å²) in [7, 11) is 0. The van der Waals surface area contributed by atoms with Gasteiger partial charge in [-0.2, -0.15) is 0 Å². The quantitative estimate of drug-likeness (QED) is 0.174. The van der Waals surface area contributed by atoms with Crippen LogP contribution in [0, 0.1) is 11.8 Å². The Labute approximate surface area is 200 Å². The maximum atomic E-state index is 12.1. The lowest BCUT2D eigenvalue weighted by atomic mass is 9.85. The first kappa shape index (κ1) is 24.3. The van der Waals surface area contributed by atoms with Crippen molar-refractivity contribution in [3.8, 4) is 0 Å². The van der Waals surface area contributed by atoms with Crippen LogP contribution in [0.5, 0.6) is 0 Å². The van der Waals surface area contributed by atoms with Gasteiger partial charge < -0.3 is 49.2 Å². The zero-order chi connectivity index (χ0) is 24.7. The minimum Gasteiger partial charge on any atom is -0.472 e. The molecule has 1 aliphatic carbocycles. The Morgan fingerprint density at radius 2 is 1.80 bits per heavy atom. The Hall–Kier alpha value is -2.35. The van der Waals surface area contributed by atoms with E-state index in [9.17, 15) is 30.3 Å². The molecule has 0 spiro atoms. The van der Waals surface area contributed by atoms with Crippen molar-refractivity contribution < 1.29 is 54.0 Å². The van der Waals surface area contributed by atoms with E-state index >= 15 is 0 Å². The predicted octanol–water partition coefficient (Wildman–Crippen LogP) is -1.33. The fraction of sp³-hybridized carbons (Fsp3) is 0.542. The molecule has 3 heterocycles. The number of rotatable bonds is 7. The molecule has 11 heteroatoms. The summed E-state index contributed by atoms with van der Waals surface area (Å²) in [4.78, 5) is 12.1. The monoisotopic (exact) mass is 492 g/mol. The fourth-order valence-electron chi connectivity index (χ4n) is 5.10. The molecule has 3 aliphatic heterocycles. The van der Waals surface area contributed by atoms with Gasteiger partial charge in [0.1, 0.15) is 42.7 Å². The summed E-state index contributed by atoms with van der Waals surface area (Å²) >= 11 is 0. The highest BCUT2D eigenvalue weighted by Crippen LogP contribution is 2.59. The van der Waals surface area contributed by atoms with Crippen molar-refractivity contribution in [1.29, 1.82) is 0 Å². The lowest BCUT2D eigenvalue weighted by Gasteiger charge is -2.43. The molecule has 11 nitrogen and oxygen atoms in total. The number of benzene rings is 1. The van der Waals surface area contributed by atoms with Gasteiger partial charge in [-0.05, 0) is 17.7 Å². The van der Waals surface area contributed by atoms with Gasteiger partial charge in [-0.3, -0.25) is 0 Å². The number of aliphatic hydroxyl groups is 5. The Morgan fingerprint density at radius 3 is 2.54 bits per heavy atom. The Bertz CT molecular complexity index is 967. The molecule has 3 fully saturated rings. The van der Waals surface area contributed by atoms with Gasteiger partial charge in [0.25, 0.3) is 0 Å². The number of esters is 1. The highest BCUT2D eigenvalue weighted by atomic mass is 16.8. The third-order valence-corrected chi connectivity index (χ3v) is 7.05. The van der Waals surface area contributed by atoms with Crippen LogP contribution in [-0.4, -0.2) is 99.5 Å². The van der Waals surface area contributed by atoms with E-state index in [0.29, 0.717) is 0 Å². The highest BCUT2D eigenvalue weighted by molar-refractivity contribution is 5.87. The number of hydrogen-bond acceptors (Lipinski definition) is 11. The van der Waals surface area contributed by atoms with Crippen molar-refractivity contribution in [3.63, 3.8) is 0 Å². The number of fused-ring (bicyclic) bond motifs is 3. The van der Waals surface area contributed by atoms with Gasteiger partial charge in [0.2, 0.25) is 6.29 Å². The van der Waals surface area contributed by atoms with Gasteiger partial charge >= 0.3 is 5.97 Å². The Balaban J connectivity index is 1.22. The average Bonchev–Trinajstić information content (AvgIpc) is 3.57. The number of epoxide rings is 1. The molecule has 35 heavy (non-hydrogen) atoms. The summed E-state index contributed by atoms with van der Waals surface area (Å²) in [6.45, 7) is -0.776. The molecular formula is C24H28O11.